The minimum atomic E-state index is -0.596. The predicted octanol–water partition coefficient (Wildman–Crippen LogP) is 0.189. The molecule has 1 heterocycles. The van der Waals surface area contributed by atoms with Crippen LogP contribution in [0, 0.1) is 10.1 Å². The lowest BCUT2D eigenvalue weighted by Gasteiger charge is -2.13. The zero-order chi connectivity index (χ0) is 25.8. The smallest absolute Gasteiger partial charge is 0.280 e. The lowest BCUT2D eigenvalue weighted by atomic mass is 10.1. The van der Waals surface area contributed by atoms with E-state index in [-0.39, 0.29) is 67.9 Å². The summed E-state index contributed by atoms with van der Waals surface area (Å²) in [5.41, 5.74) is -0.0951. The second-order valence-corrected chi connectivity index (χ2v) is 7.02. The average molecular weight is 490 g/mol. The van der Waals surface area contributed by atoms with Gasteiger partial charge in [0, 0.05) is 37.7 Å². The molecule has 0 unspecified atom stereocenters. The Morgan fingerprint density at radius 1 is 1.03 bits per heavy atom. The van der Waals surface area contributed by atoms with Gasteiger partial charge >= 0.3 is 0 Å². The fraction of sp³-hybridized carbons (Fsp3) is 0.364. The van der Waals surface area contributed by atoms with Gasteiger partial charge in [-0.2, -0.15) is 0 Å². The number of hydrogen-bond donors (Lipinski definition) is 2. The molecular weight excluding hydrogens is 464 g/mol. The lowest BCUT2D eigenvalue weighted by Crippen LogP contribution is -2.35. The molecule has 0 aromatic heterocycles. The summed E-state index contributed by atoms with van der Waals surface area (Å²) in [5, 5.41) is 16.5. The van der Waals surface area contributed by atoms with Crippen LogP contribution in [-0.2, 0) is 23.9 Å². The normalized spacial score (nSPS) is 12.8. The largest absolute Gasteiger partial charge is 0.493 e. The molecule has 0 saturated carbocycles. The van der Waals surface area contributed by atoms with E-state index in [0.717, 1.165) is 11.0 Å². The molecule has 0 aliphatic carbocycles. The Hall–Kier alpha value is -4.26. The van der Waals surface area contributed by atoms with Crippen LogP contribution in [0.2, 0.25) is 0 Å². The van der Waals surface area contributed by atoms with E-state index in [9.17, 15) is 29.3 Å². The zero-order valence-electron chi connectivity index (χ0n) is 19.3. The molecule has 0 saturated heterocycles. The summed E-state index contributed by atoms with van der Waals surface area (Å²) in [6, 6.07) is 2.60. The van der Waals surface area contributed by atoms with Crippen molar-refractivity contribution in [1.29, 1.82) is 0 Å². The molecule has 188 valence electrons. The summed E-state index contributed by atoms with van der Waals surface area (Å²) in [4.78, 5) is 58.3. The van der Waals surface area contributed by atoms with Crippen LogP contribution in [0.5, 0.6) is 11.5 Å². The molecule has 13 heteroatoms. The number of imide groups is 1. The van der Waals surface area contributed by atoms with E-state index in [4.69, 9.17) is 14.2 Å². The fourth-order valence-electron chi connectivity index (χ4n) is 2.95. The van der Waals surface area contributed by atoms with Crippen LogP contribution in [0.4, 0.5) is 5.69 Å². The summed E-state index contributed by atoms with van der Waals surface area (Å²) in [6.07, 6.45) is 4.85. The number of nitro benzene ring substituents is 1. The minimum absolute atomic E-state index is 0.0664. The third-order valence-electron chi connectivity index (χ3n) is 4.72. The van der Waals surface area contributed by atoms with Crippen molar-refractivity contribution in [3.8, 4) is 11.5 Å². The molecule has 0 radical (unpaired) electrons. The summed E-state index contributed by atoms with van der Waals surface area (Å²) >= 11 is 0. The summed E-state index contributed by atoms with van der Waals surface area (Å²) in [5.74, 6) is -1.13. The monoisotopic (exact) mass is 490 g/mol. The number of rotatable bonds is 14. The maximum Gasteiger partial charge on any atom is 0.280 e. The number of nitrogens with one attached hydrogen (secondary N) is 2. The van der Waals surface area contributed by atoms with Gasteiger partial charge in [0.25, 0.3) is 17.5 Å². The molecule has 0 bridgehead atoms. The molecule has 0 spiro atoms. The van der Waals surface area contributed by atoms with Gasteiger partial charge in [0.15, 0.2) is 11.5 Å². The molecule has 0 fully saturated rings. The van der Waals surface area contributed by atoms with Crippen molar-refractivity contribution in [2.45, 2.75) is 6.42 Å². The number of amides is 4. The highest BCUT2D eigenvalue weighted by molar-refractivity contribution is 6.12. The van der Waals surface area contributed by atoms with Crippen molar-refractivity contribution in [3.05, 3.63) is 46.0 Å². The van der Waals surface area contributed by atoms with Crippen LogP contribution in [0.3, 0.4) is 0 Å². The number of nitrogens with zero attached hydrogens (tertiary/aromatic N) is 2. The van der Waals surface area contributed by atoms with Gasteiger partial charge < -0.3 is 24.8 Å². The average Bonchev–Trinajstić information content (AvgIpc) is 3.16. The minimum Gasteiger partial charge on any atom is -0.493 e. The molecule has 1 aromatic carbocycles. The predicted molar refractivity (Wildman–Crippen MR) is 123 cm³/mol. The highest BCUT2D eigenvalue weighted by Gasteiger charge is 2.22. The molecule has 4 amide bonds. The molecule has 1 aromatic rings. The number of methoxy groups -OCH3 is 2. The van der Waals surface area contributed by atoms with Gasteiger partial charge in [-0.15, -0.1) is 0 Å². The van der Waals surface area contributed by atoms with E-state index in [1.807, 2.05) is 0 Å². The SMILES string of the molecule is COc1cc(/C=C/C(=O)NCCNC(=O)CCOCCN2C(=O)C=CC2=O)c([N+](=O)[O-])cc1OC. The van der Waals surface area contributed by atoms with Gasteiger partial charge in [0.1, 0.15) is 0 Å². The Morgan fingerprint density at radius 2 is 1.66 bits per heavy atom. The lowest BCUT2D eigenvalue weighted by molar-refractivity contribution is -0.385. The fourth-order valence-corrected chi connectivity index (χ4v) is 2.95. The summed E-state index contributed by atoms with van der Waals surface area (Å²) in [6.45, 7) is 0.632. The molecule has 2 rings (SSSR count). The van der Waals surface area contributed by atoms with Gasteiger partial charge in [-0.1, -0.05) is 0 Å². The van der Waals surface area contributed by atoms with Gasteiger partial charge in [-0.3, -0.25) is 34.2 Å². The number of benzene rings is 1. The molecule has 35 heavy (non-hydrogen) atoms. The van der Waals surface area contributed by atoms with Crippen molar-refractivity contribution in [1.82, 2.24) is 15.5 Å². The van der Waals surface area contributed by atoms with E-state index in [2.05, 4.69) is 10.6 Å². The van der Waals surface area contributed by atoms with Gasteiger partial charge in [-0.05, 0) is 12.1 Å². The van der Waals surface area contributed by atoms with Crippen molar-refractivity contribution in [3.63, 3.8) is 0 Å². The van der Waals surface area contributed by atoms with Gasteiger partial charge in [-0.25, -0.2) is 0 Å². The standard InChI is InChI=1S/C22H26N4O9/c1-33-17-13-15(16(26(31)32)14-18(17)34-2)3-4-19(27)23-8-9-24-20(28)7-11-35-12-10-25-21(29)5-6-22(25)30/h3-6,13-14H,7-12H2,1-2H3,(H,23,27)(H,24,28)/b4-3+. The zero-order valence-corrected chi connectivity index (χ0v) is 19.3. The highest BCUT2D eigenvalue weighted by atomic mass is 16.6. The molecule has 1 aliphatic rings. The Morgan fingerprint density at radius 3 is 2.29 bits per heavy atom. The number of nitro groups is 1. The van der Waals surface area contributed by atoms with Gasteiger partial charge in [0.05, 0.1) is 50.5 Å². The first-order valence-electron chi connectivity index (χ1n) is 10.5. The number of hydrogen-bond acceptors (Lipinski definition) is 9. The van der Waals surface area contributed by atoms with E-state index < -0.39 is 22.6 Å². The second-order valence-electron chi connectivity index (χ2n) is 7.02. The van der Waals surface area contributed by atoms with Crippen LogP contribution in [0.15, 0.2) is 30.4 Å². The topological polar surface area (TPSA) is 166 Å². The molecule has 2 N–H and O–H groups in total. The first kappa shape index (κ1) is 27.0. The first-order valence-corrected chi connectivity index (χ1v) is 10.5. The van der Waals surface area contributed by atoms with E-state index in [0.29, 0.717) is 0 Å². The van der Waals surface area contributed by atoms with Crippen LogP contribution in [0.25, 0.3) is 6.08 Å². The molecule has 0 atom stereocenters. The molecule has 13 nitrogen and oxygen atoms in total. The van der Waals surface area contributed by atoms with Crippen molar-refractivity contribution in [2.24, 2.45) is 0 Å². The first-order chi connectivity index (χ1) is 16.8. The third-order valence-corrected chi connectivity index (χ3v) is 4.72. The van der Waals surface area contributed by atoms with Crippen LogP contribution in [0.1, 0.15) is 12.0 Å². The Labute approximate surface area is 200 Å². The van der Waals surface area contributed by atoms with Crippen molar-refractivity contribution in [2.75, 3.05) is 47.1 Å². The molecule has 1 aliphatic heterocycles. The van der Waals surface area contributed by atoms with Gasteiger partial charge in [0.2, 0.25) is 11.8 Å². The number of carbonyl (C=O) groups is 4. The molecular formula is C22H26N4O9. The summed E-state index contributed by atoms with van der Waals surface area (Å²) in [7, 11) is 2.75. The Balaban J connectivity index is 1.67. The van der Waals surface area contributed by atoms with Crippen LogP contribution < -0.4 is 20.1 Å². The van der Waals surface area contributed by atoms with Crippen molar-refractivity contribution < 1.29 is 38.3 Å². The van der Waals surface area contributed by atoms with E-state index in [1.165, 1.54) is 44.6 Å². The quantitative estimate of drug-likeness (QED) is 0.122. The van der Waals surface area contributed by atoms with Crippen LogP contribution in [-0.4, -0.2) is 80.5 Å². The van der Waals surface area contributed by atoms with Crippen molar-refractivity contribution >= 4 is 35.4 Å². The van der Waals surface area contributed by atoms with Crippen LogP contribution >= 0.6 is 0 Å². The Kier molecular flexibility index (Phi) is 10.4. The number of ether oxygens (including phenoxy) is 3. The number of carbonyl (C=O) groups excluding carboxylic acids is 4. The second kappa shape index (κ2) is 13.4. The Bertz CT molecular complexity index is 1020. The highest BCUT2D eigenvalue weighted by Crippen LogP contribution is 2.35. The third kappa shape index (κ3) is 8.23. The van der Waals surface area contributed by atoms with E-state index >= 15 is 0 Å². The van der Waals surface area contributed by atoms with E-state index in [1.54, 1.807) is 0 Å². The maximum atomic E-state index is 12.0. The summed E-state index contributed by atoms with van der Waals surface area (Å²) < 4.78 is 15.4. The maximum absolute atomic E-state index is 12.0.